The van der Waals surface area contributed by atoms with Crippen molar-refractivity contribution in [2.75, 3.05) is 13.1 Å². The summed E-state index contributed by atoms with van der Waals surface area (Å²) in [4.78, 5) is 14.0. The molecule has 4 heteroatoms. The zero-order chi connectivity index (χ0) is 13.1. The Labute approximate surface area is 112 Å². The summed E-state index contributed by atoms with van der Waals surface area (Å²) < 4.78 is 0. The van der Waals surface area contributed by atoms with Crippen molar-refractivity contribution in [3.63, 3.8) is 0 Å². The van der Waals surface area contributed by atoms with E-state index in [4.69, 9.17) is 0 Å². The molecule has 0 aliphatic carbocycles. The highest BCUT2D eigenvalue weighted by Gasteiger charge is 2.21. The van der Waals surface area contributed by atoms with E-state index >= 15 is 0 Å². The second kappa shape index (κ2) is 5.26. The molecular weight excluding hydrogens is 238 g/mol. The molecule has 0 atom stereocenters. The molecule has 98 valence electrons. The second-order valence-electron chi connectivity index (χ2n) is 4.94. The topological polar surface area (TPSA) is 49.0 Å². The van der Waals surface area contributed by atoms with Gasteiger partial charge in [-0.05, 0) is 24.5 Å². The summed E-state index contributed by atoms with van der Waals surface area (Å²) in [7, 11) is 0. The Morgan fingerprint density at radius 1 is 1.21 bits per heavy atom. The molecule has 1 amide bonds. The van der Waals surface area contributed by atoms with Gasteiger partial charge in [-0.3, -0.25) is 9.89 Å². The Hall–Kier alpha value is -2.10. The van der Waals surface area contributed by atoms with Crippen LogP contribution in [-0.4, -0.2) is 34.1 Å². The number of nitrogens with one attached hydrogen (secondary N) is 1. The van der Waals surface area contributed by atoms with Crippen molar-refractivity contribution >= 4 is 5.91 Å². The fraction of sp³-hybridized carbons (Fsp3) is 0.333. The molecule has 1 aromatic carbocycles. The average molecular weight is 255 g/mol. The van der Waals surface area contributed by atoms with E-state index in [9.17, 15) is 4.79 Å². The highest BCUT2D eigenvalue weighted by molar-refractivity contribution is 5.92. The standard InChI is InChI=1S/C15H17N3O/c19-15(18-8-4-5-9-18)14-11-13(16-17-14)10-12-6-2-1-3-7-12/h1-3,6-7,11H,4-5,8-10H2,(H,16,17). The number of carbonyl (C=O) groups is 1. The van der Waals surface area contributed by atoms with Gasteiger partial charge in [0, 0.05) is 25.2 Å². The van der Waals surface area contributed by atoms with Gasteiger partial charge >= 0.3 is 0 Å². The number of benzene rings is 1. The van der Waals surface area contributed by atoms with Gasteiger partial charge in [0.2, 0.25) is 0 Å². The number of aromatic nitrogens is 2. The lowest BCUT2D eigenvalue weighted by Gasteiger charge is -2.12. The van der Waals surface area contributed by atoms with Gasteiger partial charge in [0.15, 0.2) is 0 Å². The van der Waals surface area contributed by atoms with Gasteiger partial charge in [-0.1, -0.05) is 30.3 Å². The maximum Gasteiger partial charge on any atom is 0.274 e. The fourth-order valence-electron chi connectivity index (χ4n) is 2.46. The number of H-pyrrole nitrogens is 1. The Kier molecular flexibility index (Phi) is 3.31. The molecule has 4 nitrogen and oxygen atoms in total. The zero-order valence-corrected chi connectivity index (χ0v) is 10.8. The summed E-state index contributed by atoms with van der Waals surface area (Å²) in [6.45, 7) is 1.72. The van der Waals surface area contributed by atoms with E-state index in [-0.39, 0.29) is 5.91 Å². The van der Waals surface area contributed by atoms with E-state index in [0.717, 1.165) is 38.0 Å². The molecule has 0 saturated carbocycles. The van der Waals surface area contributed by atoms with Crippen LogP contribution in [0.25, 0.3) is 0 Å². The minimum Gasteiger partial charge on any atom is -0.337 e. The summed E-state index contributed by atoms with van der Waals surface area (Å²) in [6.07, 6.45) is 2.99. The van der Waals surface area contributed by atoms with Crippen molar-refractivity contribution in [3.05, 3.63) is 53.3 Å². The van der Waals surface area contributed by atoms with Crippen LogP contribution in [0.2, 0.25) is 0 Å². The van der Waals surface area contributed by atoms with Crippen LogP contribution < -0.4 is 0 Å². The van der Waals surface area contributed by atoms with Gasteiger partial charge in [-0.15, -0.1) is 0 Å². The van der Waals surface area contributed by atoms with Crippen LogP contribution in [0.15, 0.2) is 36.4 Å². The van der Waals surface area contributed by atoms with Crippen molar-refractivity contribution in [1.82, 2.24) is 15.1 Å². The van der Waals surface area contributed by atoms with Gasteiger partial charge in [0.1, 0.15) is 5.69 Å². The van der Waals surface area contributed by atoms with Crippen molar-refractivity contribution < 1.29 is 4.79 Å². The predicted octanol–water partition coefficient (Wildman–Crippen LogP) is 2.24. The second-order valence-corrected chi connectivity index (χ2v) is 4.94. The van der Waals surface area contributed by atoms with Gasteiger partial charge in [0.05, 0.1) is 0 Å². The first kappa shape index (κ1) is 12.0. The third kappa shape index (κ3) is 2.67. The minimum atomic E-state index is 0.0491. The summed E-state index contributed by atoms with van der Waals surface area (Å²) in [5, 5.41) is 7.10. The quantitative estimate of drug-likeness (QED) is 0.914. The van der Waals surface area contributed by atoms with Gasteiger partial charge < -0.3 is 4.90 Å². The molecule has 0 radical (unpaired) electrons. The summed E-state index contributed by atoms with van der Waals surface area (Å²) in [5.74, 6) is 0.0491. The minimum absolute atomic E-state index is 0.0491. The predicted molar refractivity (Wildman–Crippen MR) is 73.0 cm³/mol. The molecule has 2 heterocycles. The third-order valence-electron chi connectivity index (χ3n) is 3.48. The normalized spacial score (nSPS) is 14.8. The maximum atomic E-state index is 12.2. The van der Waals surface area contributed by atoms with Crippen LogP contribution >= 0.6 is 0 Å². The van der Waals surface area contributed by atoms with E-state index in [1.54, 1.807) is 0 Å². The number of carbonyl (C=O) groups excluding carboxylic acids is 1. The van der Waals surface area contributed by atoms with Crippen LogP contribution in [-0.2, 0) is 6.42 Å². The number of amides is 1. The molecule has 0 bridgehead atoms. The summed E-state index contributed by atoms with van der Waals surface area (Å²) in [5.41, 5.74) is 2.73. The molecule has 1 saturated heterocycles. The molecule has 1 fully saturated rings. The van der Waals surface area contributed by atoms with Crippen molar-refractivity contribution in [1.29, 1.82) is 0 Å². The molecule has 2 aromatic rings. The fourth-order valence-corrected chi connectivity index (χ4v) is 2.46. The molecule has 1 N–H and O–H groups in total. The van der Waals surface area contributed by atoms with Gasteiger partial charge in [-0.25, -0.2) is 0 Å². The highest BCUT2D eigenvalue weighted by atomic mass is 16.2. The Bertz CT molecular complexity index is 556. The maximum absolute atomic E-state index is 12.2. The number of aromatic amines is 1. The number of likely N-dealkylation sites (tertiary alicyclic amines) is 1. The molecule has 1 aliphatic rings. The first-order chi connectivity index (χ1) is 9.33. The SMILES string of the molecule is O=C(c1cc(Cc2ccccc2)[nH]n1)N1CCCC1. The average Bonchev–Trinajstić information content (AvgIpc) is 3.10. The molecule has 1 aromatic heterocycles. The first-order valence-electron chi connectivity index (χ1n) is 6.70. The summed E-state index contributed by atoms with van der Waals surface area (Å²) >= 11 is 0. The van der Waals surface area contributed by atoms with Gasteiger partial charge in [0.25, 0.3) is 5.91 Å². The van der Waals surface area contributed by atoms with E-state index in [2.05, 4.69) is 22.3 Å². The number of rotatable bonds is 3. The molecule has 1 aliphatic heterocycles. The molecule has 3 rings (SSSR count). The lowest BCUT2D eigenvalue weighted by molar-refractivity contribution is 0.0787. The van der Waals surface area contributed by atoms with Crippen LogP contribution in [0.1, 0.15) is 34.6 Å². The van der Waals surface area contributed by atoms with E-state index in [1.807, 2.05) is 29.2 Å². The number of hydrogen-bond donors (Lipinski definition) is 1. The zero-order valence-electron chi connectivity index (χ0n) is 10.8. The number of nitrogens with zero attached hydrogens (tertiary/aromatic N) is 2. The van der Waals surface area contributed by atoms with E-state index in [1.165, 1.54) is 5.56 Å². The Balaban J connectivity index is 1.71. The highest BCUT2D eigenvalue weighted by Crippen LogP contribution is 2.13. The third-order valence-corrected chi connectivity index (χ3v) is 3.48. The van der Waals surface area contributed by atoms with Crippen LogP contribution in [0.4, 0.5) is 0 Å². The monoisotopic (exact) mass is 255 g/mol. The van der Waals surface area contributed by atoms with Crippen LogP contribution in [0.3, 0.4) is 0 Å². The molecule has 19 heavy (non-hydrogen) atoms. The van der Waals surface area contributed by atoms with Crippen LogP contribution in [0, 0.1) is 0 Å². The molecule has 0 spiro atoms. The van der Waals surface area contributed by atoms with Crippen molar-refractivity contribution in [2.45, 2.75) is 19.3 Å². The lowest BCUT2D eigenvalue weighted by Crippen LogP contribution is -2.27. The van der Waals surface area contributed by atoms with E-state index < -0.39 is 0 Å². The van der Waals surface area contributed by atoms with Crippen molar-refractivity contribution in [2.24, 2.45) is 0 Å². The molecular formula is C15H17N3O. The Morgan fingerprint density at radius 3 is 2.68 bits per heavy atom. The van der Waals surface area contributed by atoms with Gasteiger partial charge in [-0.2, -0.15) is 5.10 Å². The smallest absolute Gasteiger partial charge is 0.274 e. The van der Waals surface area contributed by atoms with E-state index in [0.29, 0.717) is 5.69 Å². The molecule has 0 unspecified atom stereocenters. The van der Waals surface area contributed by atoms with Crippen molar-refractivity contribution in [3.8, 4) is 0 Å². The lowest BCUT2D eigenvalue weighted by atomic mass is 10.1. The number of hydrogen-bond acceptors (Lipinski definition) is 2. The Morgan fingerprint density at radius 2 is 1.95 bits per heavy atom. The van der Waals surface area contributed by atoms with Crippen LogP contribution in [0.5, 0.6) is 0 Å². The first-order valence-corrected chi connectivity index (χ1v) is 6.70. The summed E-state index contributed by atoms with van der Waals surface area (Å²) in [6, 6.07) is 12.0. The largest absolute Gasteiger partial charge is 0.337 e.